The number of amides is 1. The highest BCUT2D eigenvalue weighted by molar-refractivity contribution is 9.10. The van der Waals surface area contributed by atoms with Crippen LogP contribution < -0.4 is 5.32 Å². The smallest absolute Gasteiger partial charge is 0.291 e. The number of hydrogen-bond acceptors (Lipinski definition) is 5. The summed E-state index contributed by atoms with van der Waals surface area (Å²) in [5.41, 5.74) is 1.38. The summed E-state index contributed by atoms with van der Waals surface area (Å²) in [6.45, 7) is 0. The second-order valence-corrected chi connectivity index (χ2v) is 8.25. The van der Waals surface area contributed by atoms with Crippen molar-refractivity contribution < 1.29 is 18.9 Å². The molecule has 164 valence electrons. The van der Waals surface area contributed by atoms with E-state index in [4.69, 9.17) is 16.0 Å². The van der Waals surface area contributed by atoms with Crippen molar-refractivity contribution in [2.24, 2.45) is 0 Å². The molecular formula is C24H14BrClN2O5. The van der Waals surface area contributed by atoms with Crippen LogP contribution in [0.2, 0.25) is 5.02 Å². The standard InChI is InChI=1S/C24H14BrClN2O5/c25-15-6-9-20(18(12-15)23(29)14-4-2-1-3-5-14)27-24(30)22-11-10-21(33-22)17-8-7-16(28(31)32)13-19(17)26/h1-13H,(H,27,30). The van der Waals surface area contributed by atoms with E-state index in [-0.39, 0.29) is 28.0 Å². The molecule has 0 atom stereocenters. The van der Waals surface area contributed by atoms with E-state index >= 15 is 0 Å². The number of carbonyl (C=O) groups excluding carboxylic acids is 2. The fourth-order valence-electron chi connectivity index (χ4n) is 3.16. The molecule has 1 heterocycles. The van der Waals surface area contributed by atoms with Gasteiger partial charge < -0.3 is 9.73 Å². The molecule has 1 aromatic heterocycles. The van der Waals surface area contributed by atoms with Crippen molar-refractivity contribution in [3.63, 3.8) is 0 Å². The van der Waals surface area contributed by atoms with Gasteiger partial charge in [0.2, 0.25) is 0 Å². The van der Waals surface area contributed by atoms with Gasteiger partial charge in [0.15, 0.2) is 11.5 Å². The van der Waals surface area contributed by atoms with Crippen LogP contribution in [0.4, 0.5) is 11.4 Å². The van der Waals surface area contributed by atoms with E-state index in [2.05, 4.69) is 21.2 Å². The number of non-ortho nitro benzene ring substituents is 1. The van der Waals surface area contributed by atoms with E-state index < -0.39 is 10.8 Å². The first-order chi connectivity index (χ1) is 15.8. The molecule has 9 heteroatoms. The normalized spacial score (nSPS) is 10.6. The number of nitrogens with zero attached hydrogens (tertiary/aromatic N) is 1. The first kappa shape index (κ1) is 22.4. The molecule has 0 aliphatic carbocycles. The summed E-state index contributed by atoms with van der Waals surface area (Å²) in [5, 5.41) is 13.7. The number of furan rings is 1. The van der Waals surface area contributed by atoms with Gasteiger partial charge in [-0.3, -0.25) is 19.7 Å². The molecule has 0 aliphatic heterocycles. The largest absolute Gasteiger partial charge is 0.451 e. The zero-order chi connectivity index (χ0) is 23.5. The molecule has 7 nitrogen and oxygen atoms in total. The third-order valence-corrected chi connectivity index (χ3v) is 5.58. The number of ketones is 1. The minimum absolute atomic E-state index is 0.0135. The van der Waals surface area contributed by atoms with E-state index in [0.717, 1.165) is 0 Å². The number of anilines is 1. The highest BCUT2D eigenvalue weighted by Gasteiger charge is 2.20. The van der Waals surface area contributed by atoms with Gasteiger partial charge in [-0.15, -0.1) is 0 Å². The van der Waals surface area contributed by atoms with Gasteiger partial charge in [-0.25, -0.2) is 0 Å². The number of nitro benzene ring substituents is 1. The molecule has 4 rings (SSSR count). The Hall–Kier alpha value is -3.75. The zero-order valence-corrected chi connectivity index (χ0v) is 19.1. The molecule has 1 amide bonds. The molecule has 0 spiro atoms. The molecule has 1 N–H and O–H groups in total. The Bertz CT molecular complexity index is 1380. The lowest BCUT2D eigenvalue weighted by Crippen LogP contribution is -2.14. The summed E-state index contributed by atoms with van der Waals surface area (Å²) in [7, 11) is 0. The predicted molar refractivity (Wildman–Crippen MR) is 128 cm³/mol. The number of nitrogens with one attached hydrogen (secondary N) is 1. The van der Waals surface area contributed by atoms with Crippen molar-refractivity contribution in [1.29, 1.82) is 0 Å². The van der Waals surface area contributed by atoms with Crippen LogP contribution in [0.25, 0.3) is 11.3 Å². The van der Waals surface area contributed by atoms with Gasteiger partial charge in [0.25, 0.3) is 11.6 Å². The summed E-state index contributed by atoms with van der Waals surface area (Å²) in [5.74, 6) is -0.550. The van der Waals surface area contributed by atoms with Gasteiger partial charge >= 0.3 is 0 Å². The first-order valence-corrected chi connectivity index (χ1v) is 10.8. The quantitative estimate of drug-likeness (QED) is 0.170. The topological polar surface area (TPSA) is 102 Å². The van der Waals surface area contributed by atoms with Crippen molar-refractivity contribution in [3.05, 3.63) is 115 Å². The molecule has 0 aliphatic rings. The van der Waals surface area contributed by atoms with Crippen LogP contribution in [-0.4, -0.2) is 16.6 Å². The molecule has 3 aromatic carbocycles. The second-order valence-electron chi connectivity index (χ2n) is 6.92. The maximum atomic E-state index is 13.0. The van der Waals surface area contributed by atoms with Gasteiger partial charge in [-0.1, -0.05) is 57.9 Å². The average Bonchev–Trinajstić information content (AvgIpc) is 3.30. The third-order valence-electron chi connectivity index (χ3n) is 4.77. The summed E-state index contributed by atoms with van der Waals surface area (Å²) >= 11 is 9.51. The first-order valence-electron chi connectivity index (χ1n) is 9.58. The van der Waals surface area contributed by atoms with Gasteiger partial charge in [0, 0.05) is 33.3 Å². The SMILES string of the molecule is O=C(Nc1ccc(Br)cc1C(=O)c1ccccc1)c1ccc(-c2ccc([N+](=O)[O-])cc2Cl)o1. The number of hydrogen-bond donors (Lipinski definition) is 1. The summed E-state index contributed by atoms with van der Waals surface area (Å²) < 4.78 is 6.32. The highest BCUT2D eigenvalue weighted by Crippen LogP contribution is 2.32. The molecule has 0 saturated heterocycles. The van der Waals surface area contributed by atoms with Gasteiger partial charge in [0.1, 0.15) is 5.76 Å². The Labute approximate surface area is 201 Å². The molecule has 4 aromatic rings. The molecular weight excluding hydrogens is 512 g/mol. The van der Waals surface area contributed by atoms with Crippen molar-refractivity contribution in [1.82, 2.24) is 0 Å². The van der Waals surface area contributed by atoms with Gasteiger partial charge in [-0.2, -0.15) is 0 Å². The lowest BCUT2D eigenvalue weighted by molar-refractivity contribution is -0.384. The van der Waals surface area contributed by atoms with Crippen molar-refractivity contribution in [3.8, 4) is 11.3 Å². The number of rotatable bonds is 6. The number of halogens is 2. The average molecular weight is 526 g/mol. The van der Waals surface area contributed by atoms with Gasteiger partial charge in [0.05, 0.1) is 15.6 Å². The molecule has 0 radical (unpaired) electrons. The molecule has 0 saturated carbocycles. The third kappa shape index (κ3) is 4.87. The lowest BCUT2D eigenvalue weighted by Gasteiger charge is -2.10. The van der Waals surface area contributed by atoms with E-state index in [9.17, 15) is 19.7 Å². The van der Waals surface area contributed by atoms with Crippen LogP contribution in [0.5, 0.6) is 0 Å². The number of carbonyl (C=O) groups is 2. The zero-order valence-electron chi connectivity index (χ0n) is 16.7. The maximum Gasteiger partial charge on any atom is 0.291 e. The molecule has 0 unspecified atom stereocenters. The van der Waals surface area contributed by atoms with E-state index in [1.807, 2.05) is 6.07 Å². The number of nitro groups is 1. The van der Waals surface area contributed by atoms with Crippen molar-refractivity contribution in [2.45, 2.75) is 0 Å². The van der Waals surface area contributed by atoms with Crippen LogP contribution in [0.15, 0.2) is 87.8 Å². The Morgan fingerprint density at radius 2 is 1.73 bits per heavy atom. The molecule has 0 bridgehead atoms. The van der Waals surface area contributed by atoms with Crippen LogP contribution in [0.1, 0.15) is 26.5 Å². The van der Waals surface area contributed by atoms with Crippen LogP contribution in [0, 0.1) is 10.1 Å². The van der Waals surface area contributed by atoms with Crippen molar-refractivity contribution in [2.75, 3.05) is 5.32 Å². The summed E-state index contributed by atoms with van der Waals surface area (Å²) in [6, 6.07) is 20.6. The van der Waals surface area contributed by atoms with Crippen LogP contribution >= 0.6 is 27.5 Å². The van der Waals surface area contributed by atoms with Crippen molar-refractivity contribution >= 4 is 50.6 Å². The van der Waals surface area contributed by atoms with E-state index in [0.29, 0.717) is 26.9 Å². The Morgan fingerprint density at radius 1 is 0.970 bits per heavy atom. The second kappa shape index (κ2) is 9.40. The monoisotopic (exact) mass is 524 g/mol. The van der Waals surface area contributed by atoms with E-state index in [1.165, 1.54) is 24.3 Å². The summed E-state index contributed by atoms with van der Waals surface area (Å²) in [6.07, 6.45) is 0. The highest BCUT2D eigenvalue weighted by atomic mass is 79.9. The van der Waals surface area contributed by atoms with Crippen LogP contribution in [0.3, 0.4) is 0 Å². The fourth-order valence-corrected chi connectivity index (χ4v) is 3.79. The lowest BCUT2D eigenvalue weighted by atomic mass is 10.0. The van der Waals surface area contributed by atoms with Crippen LogP contribution in [-0.2, 0) is 0 Å². The predicted octanol–water partition coefficient (Wildman–Crippen LogP) is 6.75. The molecule has 0 fully saturated rings. The fraction of sp³-hybridized carbons (Fsp3) is 0. The Morgan fingerprint density at radius 3 is 2.42 bits per heavy atom. The minimum Gasteiger partial charge on any atom is -0.451 e. The minimum atomic E-state index is -0.566. The maximum absolute atomic E-state index is 13.0. The van der Waals surface area contributed by atoms with E-state index in [1.54, 1.807) is 48.5 Å². The molecule has 33 heavy (non-hydrogen) atoms. The Kier molecular flexibility index (Phi) is 6.39. The van der Waals surface area contributed by atoms with Gasteiger partial charge in [-0.05, 0) is 36.4 Å². The Balaban J connectivity index is 1.60. The summed E-state index contributed by atoms with van der Waals surface area (Å²) in [4.78, 5) is 36.2. The number of benzene rings is 3.